The Bertz CT molecular complexity index is 1600. The molecule has 0 nitrogen and oxygen atoms in total. The molecule has 0 saturated carbocycles. The molecule has 5 aromatic carbocycles. The molecule has 0 N–H and O–H groups in total. The van der Waals surface area contributed by atoms with E-state index in [4.69, 9.17) is 0 Å². The lowest BCUT2D eigenvalue weighted by Crippen LogP contribution is -1.97. The highest BCUT2D eigenvalue weighted by Gasteiger charge is 2.15. The molecule has 5 aromatic rings. The molecule has 0 bridgehead atoms. The Hall–Kier alpha value is -3.99. The summed E-state index contributed by atoms with van der Waals surface area (Å²) >= 11 is 0. The highest BCUT2D eigenvalue weighted by molar-refractivity contribution is 5.88. The van der Waals surface area contributed by atoms with Crippen molar-refractivity contribution in [3.63, 3.8) is 0 Å². The van der Waals surface area contributed by atoms with E-state index in [1.165, 1.54) is 0 Å². The molecular formula is C33H25F5. The van der Waals surface area contributed by atoms with Crippen molar-refractivity contribution in [2.24, 2.45) is 0 Å². The van der Waals surface area contributed by atoms with E-state index in [0.717, 1.165) is 46.0 Å². The Balaban J connectivity index is 1.33. The Morgan fingerprint density at radius 2 is 1.08 bits per heavy atom. The summed E-state index contributed by atoms with van der Waals surface area (Å²) in [4.78, 5) is 0. The number of halogens is 5. The van der Waals surface area contributed by atoms with Gasteiger partial charge in [-0.05, 0) is 81.6 Å². The maximum atomic E-state index is 14.7. The molecule has 0 aliphatic heterocycles. The minimum absolute atomic E-state index is 0.242. The van der Waals surface area contributed by atoms with Crippen molar-refractivity contribution in [2.45, 2.75) is 32.6 Å². The van der Waals surface area contributed by atoms with E-state index in [0.29, 0.717) is 36.0 Å². The van der Waals surface area contributed by atoms with E-state index in [2.05, 4.69) is 6.07 Å². The van der Waals surface area contributed by atoms with E-state index >= 15 is 0 Å². The Morgan fingerprint density at radius 3 is 1.79 bits per heavy atom. The van der Waals surface area contributed by atoms with Crippen LogP contribution in [0.15, 0.2) is 84.9 Å². The van der Waals surface area contributed by atoms with Crippen molar-refractivity contribution < 1.29 is 22.0 Å². The van der Waals surface area contributed by atoms with Gasteiger partial charge in [0, 0.05) is 5.56 Å². The maximum absolute atomic E-state index is 14.7. The normalized spacial score (nSPS) is 11.3. The second kappa shape index (κ2) is 10.8. The summed E-state index contributed by atoms with van der Waals surface area (Å²) in [6.45, 7) is 1.93. The fraction of sp³-hybridized carbons (Fsp3) is 0.152. The quantitative estimate of drug-likeness (QED) is 0.149. The molecule has 0 saturated heterocycles. The molecule has 0 aliphatic carbocycles. The van der Waals surface area contributed by atoms with Gasteiger partial charge in [0.05, 0.1) is 0 Å². The van der Waals surface area contributed by atoms with Crippen LogP contribution < -0.4 is 0 Å². The molecule has 0 spiro atoms. The van der Waals surface area contributed by atoms with Crippen LogP contribution >= 0.6 is 0 Å². The van der Waals surface area contributed by atoms with Gasteiger partial charge in [-0.3, -0.25) is 0 Å². The predicted octanol–water partition coefficient (Wildman–Crippen LogP) is 9.61. The van der Waals surface area contributed by atoms with Crippen LogP contribution in [0.4, 0.5) is 22.0 Å². The first-order valence-electron chi connectivity index (χ1n) is 12.6. The number of aryl methyl sites for hydroxylation is 3. The van der Waals surface area contributed by atoms with E-state index in [1.54, 1.807) is 24.3 Å². The lowest BCUT2D eigenvalue weighted by molar-refractivity contribution is 0.445. The average Bonchev–Trinajstić information content (AvgIpc) is 2.93. The molecule has 0 unspecified atom stereocenters. The van der Waals surface area contributed by atoms with Crippen LogP contribution in [0.25, 0.3) is 33.0 Å². The van der Waals surface area contributed by atoms with E-state index in [-0.39, 0.29) is 5.56 Å². The SMILES string of the molecule is CCCc1ccc(-c2ccc(-c3ccc4cc(CCc5cc(F)c(F)c(F)c5)ccc4c3)cc2)c(F)c1F. The standard InChI is InChI=1S/C33H25F5/c1-2-3-24-14-15-28(32(37)31(24)36)23-10-8-22(9-11-23)26-13-12-25-16-20(6-7-27(25)19-26)4-5-21-17-29(34)33(38)30(35)18-21/h6-19H,2-5H2,1H3. The number of rotatable bonds is 7. The van der Waals surface area contributed by atoms with E-state index < -0.39 is 29.1 Å². The summed E-state index contributed by atoms with van der Waals surface area (Å²) in [6.07, 6.45) is 2.19. The lowest BCUT2D eigenvalue weighted by Gasteiger charge is -2.10. The van der Waals surface area contributed by atoms with Crippen molar-refractivity contribution in [1.82, 2.24) is 0 Å². The number of hydrogen-bond donors (Lipinski definition) is 0. The molecular weight excluding hydrogens is 491 g/mol. The molecule has 0 radical (unpaired) electrons. The summed E-state index contributed by atoms with van der Waals surface area (Å²) in [5, 5.41) is 2.04. The molecule has 0 fully saturated rings. The van der Waals surface area contributed by atoms with Gasteiger partial charge < -0.3 is 0 Å². The third kappa shape index (κ3) is 5.19. The van der Waals surface area contributed by atoms with Gasteiger partial charge in [0.15, 0.2) is 29.1 Å². The van der Waals surface area contributed by atoms with Gasteiger partial charge in [-0.1, -0.05) is 80.1 Å². The summed E-state index contributed by atoms with van der Waals surface area (Å²) in [5.74, 6) is -5.41. The number of hydrogen-bond acceptors (Lipinski definition) is 0. The molecule has 0 amide bonds. The zero-order chi connectivity index (χ0) is 26.8. The predicted molar refractivity (Wildman–Crippen MR) is 142 cm³/mol. The van der Waals surface area contributed by atoms with Crippen molar-refractivity contribution in [2.75, 3.05) is 0 Å². The van der Waals surface area contributed by atoms with Crippen LogP contribution in [0.1, 0.15) is 30.0 Å². The molecule has 5 rings (SSSR count). The highest BCUT2D eigenvalue weighted by Crippen LogP contribution is 2.31. The van der Waals surface area contributed by atoms with Gasteiger partial charge in [-0.15, -0.1) is 0 Å². The lowest BCUT2D eigenvalue weighted by atomic mass is 9.96. The largest absolute Gasteiger partial charge is 0.204 e. The van der Waals surface area contributed by atoms with Crippen LogP contribution in [0, 0.1) is 29.1 Å². The van der Waals surface area contributed by atoms with Crippen LogP contribution in [0.3, 0.4) is 0 Å². The van der Waals surface area contributed by atoms with Gasteiger partial charge >= 0.3 is 0 Å². The Labute approximate surface area is 218 Å². The van der Waals surface area contributed by atoms with Gasteiger partial charge in [-0.25, -0.2) is 22.0 Å². The fourth-order valence-electron chi connectivity index (χ4n) is 4.79. The van der Waals surface area contributed by atoms with Crippen LogP contribution in [-0.4, -0.2) is 0 Å². The van der Waals surface area contributed by atoms with Crippen molar-refractivity contribution >= 4 is 10.8 Å². The first kappa shape index (κ1) is 25.7. The van der Waals surface area contributed by atoms with Crippen molar-refractivity contribution in [3.05, 3.63) is 131 Å². The summed E-state index contributed by atoms with van der Waals surface area (Å²) < 4.78 is 69.3. The molecule has 0 aromatic heterocycles. The molecule has 0 aliphatic rings. The summed E-state index contributed by atoms with van der Waals surface area (Å²) in [6, 6.07) is 24.7. The maximum Gasteiger partial charge on any atom is 0.194 e. The highest BCUT2D eigenvalue weighted by atomic mass is 19.2. The van der Waals surface area contributed by atoms with E-state index in [1.807, 2.05) is 49.4 Å². The summed E-state index contributed by atoms with van der Waals surface area (Å²) in [7, 11) is 0. The topological polar surface area (TPSA) is 0 Å². The van der Waals surface area contributed by atoms with Gasteiger partial charge in [0.2, 0.25) is 0 Å². The van der Waals surface area contributed by atoms with E-state index in [9.17, 15) is 22.0 Å². The zero-order valence-electron chi connectivity index (χ0n) is 20.8. The second-order valence-electron chi connectivity index (χ2n) is 9.50. The Kier molecular flexibility index (Phi) is 7.28. The average molecular weight is 517 g/mol. The zero-order valence-corrected chi connectivity index (χ0v) is 20.8. The third-order valence-electron chi connectivity index (χ3n) is 6.86. The number of fused-ring (bicyclic) bond motifs is 1. The van der Waals surface area contributed by atoms with Crippen LogP contribution in [0.5, 0.6) is 0 Å². The molecule has 0 heterocycles. The number of benzene rings is 5. The molecule has 5 heteroatoms. The van der Waals surface area contributed by atoms with Gasteiger partial charge in [0.25, 0.3) is 0 Å². The Morgan fingerprint density at radius 1 is 0.474 bits per heavy atom. The first-order valence-corrected chi connectivity index (χ1v) is 12.6. The van der Waals surface area contributed by atoms with Gasteiger partial charge in [0.1, 0.15) is 0 Å². The molecule has 38 heavy (non-hydrogen) atoms. The second-order valence-corrected chi connectivity index (χ2v) is 9.50. The fourth-order valence-corrected chi connectivity index (χ4v) is 4.79. The monoisotopic (exact) mass is 516 g/mol. The molecule has 0 atom stereocenters. The minimum Gasteiger partial charge on any atom is -0.204 e. The molecule has 192 valence electrons. The van der Waals surface area contributed by atoms with Crippen molar-refractivity contribution in [1.29, 1.82) is 0 Å². The first-order chi connectivity index (χ1) is 18.3. The van der Waals surface area contributed by atoms with Crippen molar-refractivity contribution in [3.8, 4) is 22.3 Å². The third-order valence-corrected chi connectivity index (χ3v) is 6.86. The van der Waals surface area contributed by atoms with Gasteiger partial charge in [-0.2, -0.15) is 0 Å². The minimum atomic E-state index is -1.45. The summed E-state index contributed by atoms with van der Waals surface area (Å²) in [5.41, 5.74) is 4.58. The smallest absolute Gasteiger partial charge is 0.194 e. The van der Waals surface area contributed by atoms with Crippen LogP contribution in [0.2, 0.25) is 0 Å². The van der Waals surface area contributed by atoms with Crippen LogP contribution in [-0.2, 0) is 19.3 Å².